The number of aliphatic hydroxyl groups excluding tert-OH is 1. The molecule has 3 amide bonds. The molecule has 2 saturated heterocycles. The van der Waals surface area contributed by atoms with Gasteiger partial charge in [-0.25, -0.2) is 0 Å². The highest BCUT2D eigenvalue weighted by Crippen LogP contribution is 2.57. The highest BCUT2D eigenvalue weighted by molar-refractivity contribution is 6.34. The molecular formula is C38H36ClN3O7. The topological polar surface area (TPSA) is 125 Å². The van der Waals surface area contributed by atoms with Crippen LogP contribution in [0.2, 0.25) is 5.02 Å². The van der Waals surface area contributed by atoms with Crippen molar-refractivity contribution in [3.05, 3.63) is 125 Å². The second-order valence-corrected chi connectivity index (χ2v) is 13.0. The third-order valence-corrected chi connectivity index (χ3v) is 10.1. The summed E-state index contributed by atoms with van der Waals surface area (Å²) in [4.78, 5) is 59.9. The molecule has 0 saturated carbocycles. The van der Waals surface area contributed by atoms with Crippen LogP contribution in [0, 0.1) is 11.8 Å². The molecule has 2 N–H and O–H groups in total. The Balaban J connectivity index is 1.36. The molecule has 252 valence electrons. The third kappa shape index (κ3) is 5.83. The average molecular weight is 682 g/mol. The van der Waals surface area contributed by atoms with Gasteiger partial charge in [-0.3, -0.25) is 19.2 Å². The normalized spacial score (nSPS) is 29.8. The van der Waals surface area contributed by atoms with E-state index in [4.69, 9.17) is 21.1 Å². The highest BCUT2D eigenvalue weighted by atomic mass is 35.5. The molecule has 5 bridgehead atoms. The third-order valence-electron chi connectivity index (χ3n) is 9.83. The summed E-state index contributed by atoms with van der Waals surface area (Å²) < 4.78 is 12.7. The molecule has 0 radical (unpaired) electrons. The molecule has 7 rings (SSSR count). The second kappa shape index (κ2) is 13.6. The summed E-state index contributed by atoms with van der Waals surface area (Å²) in [5, 5.41) is 14.0. The Morgan fingerprint density at radius 2 is 1.63 bits per heavy atom. The summed E-state index contributed by atoms with van der Waals surface area (Å²) in [6.07, 6.45) is 5.94. The Morgan fingerprint density at radius 1 is 0.918 bits per heavy atom. The predicted molar refractivity (Wildman–Crippen MR) is 181 cm³/mol. The fraction of sp³-hybridized carbons (Fsp3) is 0.316. The first-order chi connectivity index (χ1) is 23.8. The van der Waals surface area contributed by atoms with Gasteiger partial charge in [0.1, 0.15) is 23.7 Å². The number of nitrogens with one attached hydrogen (secondary N) is 1. The van der Waals surface area contributed by atoms with Crippen molar-refractivity contribution in [2.75, 3.05) is 24.6 Å². The largest absolute Gasteiger partial charge is 0.455 e. The van der Waals surface area contributed by atoms with Crippen molar-refractivity contribution in [2.24, 2.45) is 11.8 Å². The zero-order valence-corrected chi connectivity index (χ0v) is 27.3. The van der Waals surface area contributed by atoms with Crippen molar-refractivity contribution >= 4 is 41.0 Å². The van der Waals surface area contributed by atoms with Gasteiger partial charge in [0.05, 0.1) is 41.9 Å². The second-order valence-electron chi connectivity index (χ2n) is 12.6. The lowest BCUT2D eigenvalue weighted by Crippen LogP contribution is -2.57. The lowest BCUT2D eigenvalue weighted by Gasteiger charge is -2.39. The van der Waals surface area contributed by atoms with E-state index in [2.05, 4.69) is 5.32 Å². The zero-order valence-electron chi connectivity index (χ0n) is 26.6. The van der Waals surface area contributed by atoms with Gasteiger partial charge in [0.25, 0.3) is 5.91 Å². The van der Waals surface area contributed by atoms with Crippen molar-refractivity contribution in [1.29, 1.82) is 0 Å². The molecule has 3 aromatic carbocycles. The lowest BCUT2D eigenvalue weighted by atomic mass is 9.74. The molecule has 11 heteroatoms. The van der Waals surface area contributed by atoms with Crippen molar-refractivity contribution in [3.63, 3.8) is 0 Å². The van der Waals surface area contributed by atoms with Crippen molar-refractivity contribution in [3.8, 4) is 0 Å². The van der Waals surface area contributed by atoms with Gasteiger partial charge in [-0.15, -0.1) is 0 Å². The van der Waals surface area contributed by atoms with Crippen molar-refractivity contribution < 1.29 is 33.8 Å². The minimum Gasteiger partial charge on any atom is -0.455 e. The van der Waals surface area contributed by atoms with E-state index in [1.165, 1.54) is 9.80 Å². The number of carbonyl (C=O) groups is 4. The van der Waals surface area contributed by atoms with Gasteiger partial charge in [-0.2, -0.15) is 0 Å². The molecule has 4 aliphatic heterocycles. The van der Waals surface area contributed by atoms with Crippen LogP contribution in [-0.4, -0.2) is 71.1 Å². The first-order valence-corrected chi connectivity index (χ1v) is 16.8. The number of rotatable bonds is 5. The fourth-order valence-corrected chi connectivity index (χ4v) is 7.81. The van der Waals surface area contributed by atoms with E-state index >= 15 is 4.79 Å². The maximum atomic E-state index is 15.1. The van der Waals surface area contributed by atoms with E-state index in [0.29, 0.717) is 28.3 Å². The highest BCUT2D eigenvalue weighted by Gasteiger charge is 2.74. The fourth-order valence-electron chi connectivity index (χ4n) is 7.57. The van der Waals surface area contributed by atoms with E-state index in [0.717, 1.165) is 0 Å². The maximum Gasteiger partial charge on any atom is 0.313 e. The van der Waals surface area contributed by atoms with Gasteiger partial charge in [-0.1, -0.05) is 109 Å². The number of benzene rings is 3. The number of ether oxygens (including phenoxy) is 2. The van der Waals surface area contributed by atoms with Crippen LogP contribution >= 0.6 is 11.6 Å². The van der Waals surface area contributed by atoms with E-state index in [1.54, 1.807) is 78.9 Å². The molecular weight excluding hydrogens is 646 g/mol. The number of amides is 3. The number of esters is 1. The monoisotopic (exact) mass is 681 g/mol. The van der Waals surface area contributed by atoms with Gasteiger partial charge in [0.15, 0.2) is 0 Å². The van der Waals surface area contributed by atoms with Gasteiger partial charge in [-0.05, 0) is 29.7 Å². The Kier molecular flexibility index (Phi) is 9.11. The van der Waals surface area contributed by atoms with Crippen LogP contribution < -0.4 is 10.2 Å². The van der Waals surface area contributed by atoms with E-state index in [1.807, 2.05) is 30.3 Å². The lowest BCUT2D eigenvalue weighted by molar-refractivity contribution is -0.160. The number of aliphatic hydroxyl groups is 1. The quantitative estimate of drug-likeness (QED) is 0.304. The first kappa shape index (κ1) is 32.8. The summed E-state index contributed by atoms with van der Waals surface area (Å²) >= 11 is 6.67. The van der Waals surface area contributed by atoms with Crippen LogP contribution in [0.25, 0.3) is 0 Å². The molecule has 0 aromatic heterocycles. The number of halogens is 1. The molecule has 4 heterocycles. The molecule has 2 fully saturated rings. The predicted octanol–water partition coefficient (Wildman–Crippen LogP) is 4.31. The Hall–Kier alpha value is -4.77. The van der Waals surface area contributed by atoms with Gasteiger partial charge in [0, 0.05) is 13.0 Å². The van der Waals surface area contributed by atoms with Crippen LogP contribution in [0.5, 0.6) is 0 Å². The molecule has 7 atom stereocenters. The number of hydrogen-bond acceptors (Lipinski definition) is 7. The number of hydrogen-bond donors (Lipinski definition) is 2. The SMILES string of the molecule is O=C1CC/C=C\CN(c2ccccc2Cl)C(=O)[C@H]2N([C@H](CO)c3ccccc3)C(=O)[C@@H]3[C@@H](C(=O)O[C@@H](c4ccccc4)CN1)[C@H]1C=C[C@]32O1. The summed E-state index contributed by atoms with van der Waals surface area (Å²) in [5.74, 6) is -4.11. The van der Waals surface area contributed by atoms with Crippen LogP contribution in [0.4, 0.5) is 5.69 Å². The number of fused-ring (bicyclic) bond motifs is 2. The Labute approximate surface area is 288 Å². The number of allylic oxidation sites excluding steroid dienone is 1. The summed E-state index contributed by atoms with van der Waals surface area (Å²) in [6, 6.07) is 22.8. The van der Waals surface area contributed by atoms with Crippen LogP contribution in [0.3, 0.4) is 0 Å². The van der Waals surface area contributed by atoms with Crippen molar-refractivity contribution in [2.45, 2.75) is 42.7 Å². The van der Waals surface area contributed by atoms with Crippen LogP contribution in [-0.2, 0) is 28.7 Å². The number of likely N-dealkylation sites (tertiary alicyclic amines) is 1. The van der Waals surface area contributed by atoms with Gasteiger partial charge >= 0.3 is 5.97 Å². The minimum absolute atomic E-state index is 0.0320. The average Bonchev–Trinajstić information content (AvgIpc) is 3.77. The Bertz CT molecular complexity index is 1800. The number of cyclic esters (lactones) is 1. The van der Waals surface area contributed by atoms with E-state index in [9.17, 15) is 19.5 Å². The summed E-state index contributed by atoms with van der Waals surface area (Å²) in [6.45, 7) is -0.371. The molecule has 1 spiro atoms. The van der Waals surface area contributed by atoms with Gasteiger partial charge < -0.3 is 29.7 Å². The van der Waals surface area contributed by atoms with Crippen LogP contribution in [0.1, 0.15) is 36.1 Å². The molecule has 3 aromatic rings. The summed E-state index contributed by atoms with van der Waals surface area (Å²) in [7, 11) is 0. The smallest absolute Gasteiger partial charge is 0.313 e. The van der Waals surface area contributed by atoms with E-state index in [-0.39, 0.29) is 25.4 Å². The molecule has 49 heavy (non-hydrogen) atoms. The first-order valence-electron chi connectivity index (χ1n) is 16.4. The number of anilines is 1. The standard InChI is InChI=1S/C38H36ClN3O7/c39-26-16-9-10-17-27(26)41-21-11-3-8-18-31(44)40-22-30(25-14-6-2-7-15-25)48-37(47)32-29-19-20-38(49-29)33(32)35(45)42(34(38)36(41)46)28(23-43)24-12-4-1-5-13-24/h1-7,9-17,19-20,28-30,32-34,43H,8,18,21-23H2,(H,40,44)/b11-3-/t28-,29-,30-,32+,33+,34-,38+/m1/s1. The van der Waals surface area contributed by atoms with E-state index < -0.39 is 66.1 Å². The Morgan fingerprint density at radius 3 is 2.37 bits per heavy atom. The van der Waals surface area contributed by atoms with Crippen molar-refractivity contribution in [1.82, 2.24) is 10.2 Å². The van der Waals surface area contributed by atoms with Gasteiger partial charge in [0.2, 0.25) is 11.8 Å². The number of nitrogens with zero attached hydrogens (tertiary/aromatic N) is 2. The minimum atomic E-state index is -1.53. The molecule has 4 aliphatic rings. The summed E-state index contributed by atoms with van der Waals surface area (Å²) in [5.41, 5.74) is 0.185. The zero-order chi connectivity index (χ0) is 34.1. The molecule has 0 unspecified atom stereocenters. The molecule has 10 nitrogen and oxygen atoms in total. The van der Waals surface area contributed by atoms with Crippen LogP contribution in [0.15, 0.2) is 109 Å². The maximum absolute atomic E-state index is 15.1. The number of carbonyl (C=O) groups excluding carboxylic acids is 4. The molecule has 0 aliphatic carbocycles. The number of para-hydroxylation sites is 1.